The molecule has 0 saturated carbocycles. The highest BCUT2D eigenvalue weighted by Gasteiger charge is 2.25. The lowest BCUT2D eigenvalue weighted by atomic mass is 10.1. The molecule has 0 radical (unpaired) electrons. The molecule has 154 valence electrons. The summed E-state index contributed by atoms with van der Waals surface area (Å²) in [6, 6.07) is 7.48. The van der Waals surface area contributed by atoms with Gasteiger partial charge in [0.25, 0.3) is 0 Å². The molecule has 1 saturated heterocycles. The van der Waals surface area contributed by atoms with Crippen molar-refractivity contribution in [3.8, 4) is 0 Å². The van der Waals surface area contributed by atoms with Gasteiger partial charge in [0.05, 0.1) is 4.90 Å². The maximum Gasteiger partial charge on any atom is 0.243 e. The molecule has 0 bridgehead atoms. The van der Waals surface area contributed by atoms with E-state index in [0.717, 1.165) is 30.8 Å². The van der Waals surface area contributed by atoms with Crippen molar-refractivity contribution in [3.63, 3.8) is 0 Å². The van der Waals surface area contributed by atoms with Gasteiger partial charge in [-0.2, -0.15) is 4.31 Å². The van der Waals surface area contributed by atoms with Crippen molar-refractivity contribution >= 4 is 40.0 Å². The van der Waals surface area contributed by atoms with Crippen LogP contribution in [0, 0.1) is 5.92 Å². The van der Waals surface area contributed by atoms with Gasteiger partial charge in [-0.1, -0.05) is 32.4 Å². The lowest BCUT2D eigenvalue weighted by Crippen LogP contribution is -2.43. The summed E-state index contributed by atoms with van der Waals surface area (Å²) in [6.45, 7) is 8.18. The van der Waals surface area contributed by atoms with Gasteiger partial charge in [-0.15, -0.1) is 24.0 Å². The van der Waals surface area contributed by atoms with E-state index in [4.69, 9.17) is 0 Å². The molecule has 0 aliphatic carbocycles. The molecular formula is C19H33IN4O2S. The van der Waals surface area contributed by atoms with Crippen LogP contribution in [-0.4, -0.2) is 44.9 Å². The average molecular weight is 508 g/mol. The van der Waals surface area contributed by atoms with E-state index in [0.29, 0.717) is 36.5 Å². The largest absolute Gasteiger partial charge is 0.354 e. The lowest BCUT2D eigenvalue weighted by molar-refractivity contribution is 0.346. The number of halogens is 1. The van der Waals surface area contributed by atoms with Gasteiger partial charge in [0, 0.05) is 32.7 Å². The van der Waals surface area contributed by atoms with Crippen molar-refractivity contribution in [2.45, 2.75) is 57.5 Å². The number of nitrogens with one attached hydrogen (secondary N) is 2. The lowest BCUT2D eigenvalue weighted by Gasteiger charge is -2.26. The number of aliphatic imine (C=N–C) groups is 1. The van der Waals surface area contributed by atoms with Gasteiger partial charge in [0.15, 0.2) is 5.96 Å². The first-order valence-electron chi connectivity index (χ1n) is 9.41. The van der Waals surface area contributed by atoms with Crippen LogP contribution < -0.4 is 10.6 Å². The van der Waals surface area contributed by atoms with E-state index in [-0.39, 0.29) is 24.0 Å². The van der Waals surface area contributed by atoms with Crippen molar-refractivity contribution in [1.82, 2.24) is 14.9 Å². The number of benzene rings is 1. The Balaban J connectivity index is 0.00000364. The highest BCUT2D eigenvalue weighted by atomic mass is 127. The molecular weight excluding hydrogens is 475 g/mol. The van der Waals surface area contributed by atoms with Gasteiger partial charge in [-0.05, 0) is 43.4 Å². The Kier molecular flexibility index (Phi) is 10.0. The minimum Gasteiger partial charge on any atom is -0.354 e. The Morgan fingerprint density at radius 1 is 1.19 bits per heavy atom. The van der Waals surface area contributed by atoms with Gasteiger partial charge >= 0.3 is 0 Å². The summed E-state index contributed by atoms with van der Waals surface area (Å²) in [5.74, 6) is 1.21. The molecule has 8 heteroatoms. The van der Waals surface area contributed by atoms with Gasteiger partial charge in [0.1, 0.15) is 0 Å². The number of sulfonamides is 1. The van der Waals surface area contributed by atoms with Crippen LogP contribution in [0.15, 0.2) is 34.2 Å². The van der Waals surface area contributed by atoms with Crippen molar-refractivity contribution in [3.05, 3.63) is 29.8 Å². The summed E-state index contributed by atoms with van der Waals surface area (Å²) < 4.78 is 27.3. The molecule has 1 fully saturated rings. The molecule has 1 atom stereocenters. The fourth-order valence-corrected chi connectivity index (χ4v) is 4.42. The fraction of sp³-hybridized carbons (Fsp3) is 0.632. The zero-order chi connectivity index (χ0) is 19.2. The Labute approximate surface area is 181 Å². The highest BCUT2D eigenvalue weighted by Crippen LogP contribution is 2.21. The molecule has 1 aromatic carbocycles. The van der Waals surface area contributed by atoms with E-state index < -0.39 is 10.0 Å². The third kappa shape index (κ3) is 6.90. The molecule has 1 aliphatic heterocycles. The summed E-state index contributed by atoms with van der Waals surface area (Å²) >= 11 is 0. The summed E-state index contributed by atoms with van der Waals surface area (Å²) in [7, 11) is -1.66. The standard InChI is InChI=1S/C19H32N4O2S.HI/c1-15(2)16(3)22-19(20-4)21-14-17-9-8-10-18(13-17)26(24,25)23-11-6-5-7-12-23;/h8-10,13,15-16H,5-7,11-12,14H2,1-4H3,(H2,20,21,22);1H. The number of piperidine rings is 1. The van der Waals surface area contributed by atoms with Gasteiger partial charge in [0.2, 0.25) is 10.0 Å². The van der Waals surface area contributed by atoms with E-state index in [2.05, 4.69) is 36.4 Å². The molecule has 1 aliphatic rings. The number of hydrogen-bond donors (Lipinski definition) is 2. The van der Waals surface area contributed by atoms with Crippen LogP contribution in [0.1, 0.15) is 45.6 Å². The van der Waals surface area contributed by atoms with Crippen LogP contribution in [0.3, 0.4) is 0 Å². The number of hydrogen-bond acceptors (Lipinski definition) is 3. The monoisotopic (exact) mass is 508 g/mol. The Hall–Kier alpha value is -0.870. The molecule has 0 aromatic heterocycles. The normalized spacial score (nSPS) is 17.3. The van der Waals surface area contributed by atoms with Crippen LogP contribution in [0.5, 0.6) is 0 Å². The number of rotatable bonds is 6. The van der Waals surface area contributed by atoms with Crippen molar-refractivity contribution in [2.75, 3.05) is 20.1 Å². The molecule has 2 rings (SSSR count). The van der Waals surface area contributed by atoms with Gasteiger partial charge in [-0.25, -0.2) is 8.42 Å². The Morgan fingerprint density at radius 2 is 1.85 bits per heavy atom. The molecule has 0 amide bonds. The summed E-state index contributed by atoms with van der Waals surface area (Å²) in [5, 5.41) is 6.61. The van der Waals surface area contributed by atoms with E-state index in [1.165, 1.54) is 0 Å². The van der Waals surface area contributed by atoms with Gasteiger partial charge < -0.3 is 10.6 Å². The van der Waals surface area contributed by atoms with Crippen molar-refractivity contribution in [2.24, 2.45) is 10.9 Å². The van der Waals surface area contributed by atoms with E-state index in [1.807, 2.05) is 6.07 Å². The smallest absolute Gasteiger partial charge is 0.243 e. The second-order valence-corrected chi connectivity index (χ2v) is 9.15. The minimum atomic E-state index is -3.40. The molecule has 2 N–H and O–H groups in total. The molecule has 0 spiro atoms. The predicted molar refractivity (Wildman–Crippen MR) is 122 cm³/mol. The van der Waals surface area contributed by atoms with E-state index >= 15 is 0 Å². The Morgan fingerprint density at radius 3 is 2.44 bits per heavy atom. The molecule has 1 unspecified atom stereocenters. The quantitative estimate of drug-likeness (QED) is 0.352. The zero-order valence-electron chi connectivity index (χ0n) is 16.7. The van der Waals surface area contributed by atoms with Crippen LogP contribution in [0.2, 0.25) is 0 Å². The van der Waals surface area contributed by atoms with Crippen LogP contribution in [0.4, 0.5) is 0 Å². The Bertz CT molecular complexity index is 716. The first-order valence-corrected chi connectivity index (χ1v) is 10.8. The third-order valence-corrected chi connectivity index (χ3v) is 6.79. The zero-order valence-corrected chi connectivity index (χ0v) is 19.9. The first-order chi connectivity index (χ1) is 12.3. The molecule has 1 aromatic rings. The van der Waals surface area contributed by atoms with Crippen molar-refractivity contribution in [1.29, 1.82) is 0 Å². The molecule has 6 nitrogen and oxygen atoms in total. The van der Waals surface area contributed by atoms with Gasteiger partial charge in [-0.3, -0.25) is 4.99 Å². The second kappa shape index (κ2) is 11.2. The average Bonchev–Trinajstić information content (AvgIpc) is 2.65. The van der Waals surface area contributed by atoms with Crippen molar-refractivity contribution < 1.29 is 8.42 Å². The van der Waals surface area contributed by atoms with Crippen LogP contribution in [-0.2, 0) is 16.6 Å². The first kappa shape index (κ1) is 24.2. The topological polar surface area (TPSA) is 73.8 Å². The number of nitrogens with zero attached hydrogens (tertiary/aromatic N) is 2. The molecule has 27 heavy (non-hydrogen) atoms. The third-order valence-electron chi connectivity index (χ3n) is 4.90. The van der Waals surface area contributed by atoms with E-state index in [1.54, 1.807) is 29.6 Å². The summed E-state index contributed by atoms with van der Waals surface area (Å²) in [6.07, 6.45) is 2.99. The fourth-order valence-electron chi connectivity index (χ4n) is 2.83. The summed E-state index contributed by atoms with van der Waals surface area (Å²) in [4.78, 5) is 4.61. The summed E-state index contributed by atoms with van der Waals surface area (Å²) in [5.41, 5.74) is 0.920. The van der Waals surface area contributed by atoms with E-state index in [9.17, 15) is 8.42 Å². The maximum absolute atomic E-state index is 12.8. The number of guanidine groups is 1. The second-order valence-electron chi connectivity index (χ2n) is 7.21. The SMILES string of the molecule is CN=C(NCc1cccc(S(=O)(=O)N2CCCCC2)c1)NC(C)C(C)C.I. The maximum atomic E-state index is 12.8. The highest BCUT2D eigenvalue weighted by molar-refractivity contribution is 14.0. The predicted octanol–water partition coefficient (Wildman–Crippen LogP) is 3.19. The van der Waals surface area contributed by atoms with Crippen LogP contribution in [0.25, 0.3) is 0 Å². The van der Waals surface area contributed by atoms with Crippen LogP contribution >= 0.6 is 24.0 Å². The molecule has 1 heterocycles. The minimum absolute atomic E-state index is 0.